The van der Waals surface area contributed by atoms with Crippen molar-refractivity contribution in [1.29, 1.82) is 5.26 Å². The first-order chi connectivity index (χ1) is 13.6. The van der Waals surface area contributed by atoms with Crippen LogP contribution in [-0.2, 0) is 6.54 Å². The molecule has 1 aromatic carbocycles. The SMILES string of the molecule is COc1cc(-c2cc3n(n2)CC[C@@H]3NC(=O)c2ccc(F)c(C#N)c2)ccn1. The molecule has 1 atom stereocenters. The van der Waals surface area contributed by atoms with Gasteiger partial charge in [0.05, 0.1) is 30.1 Å². The molecule has 0 fully saturated rings. The van der Waals surface area contributed by atoms with Crippen LogP contribution in [0.4, 0.5) is 4.39 Å². The van der Waals surface area contributed by atoms with Gasteiger partial charge in [-0.15, -0.1) is 0 Å². The van der Waals surface area contributed by atoms with Crippen LogP contribution in [-0.4, -0.2) is 27.8 Å². The molecule has 1 aliphatic heterocycles. The van der Waals surface area contributed by atoms with Gasteiger partial charge in [0.15, 0.2) is 0 Å². The minimum absolute atomic E-state index is 0.155. The number of pyridine rings is 1. The van der Waals surface area contributed by atoms with E-state index in [1.165, 1.54) is 12.1 Å². The molecule has 8 heteroatoms. The Bertz CT molecular complexity index is 1100. The van der Waals surface area contributed by atoms with Gasteiger partial charge in [-0.1, -0.05) is 0 Å². The number of carbonyl (C=O) groups is 1. The number of methoxy groups -OCH3 is 1. The fourth-order valence-electron chi connectivity index (χ4n) is 3.25. The number of nitrogens with zero attached hydrogens (tertiary/aromatic N) is 4. The molecule has 3 aromatic rings. The van der Waals surface area contributed by atoms with Crippen molar-refractivity contribution in [1.82, 2.24) is 20.1 Å². The molecule has 7 nitrogen and oxygen atoms in total. The van der Waals surface area contributed by atoms with Gasteiger partial charge in [-0.3, -0.25) is 9.48 Å². The van der Waals surface area contributed by atoms with E-state index < -0.39 is 5.82 Å². The number of nitriles is 1. The van der Waals surface area contributed by atoms with Crippen LogP contribution in [0.5, 0.6) is 5.88 Å². The van der Waals surface area contributed by atoms with E-state index in [9.17, 15) is 9.18 Å². The zero-order valence-electron chi connectivity index (χ0n) is 15.0. The van der Waals surface area contributed by atoms with Crippen molar-refractivity contribution >= 4 is 5.91 Å². The summed E-state index contributed by atoms with van der Waals surface area (Å²) in [5.74, 6) is -0.501. The first-order valence-corrected chi connectivity index (χ1v) is 8.67. The lowest BCUT2D eigenvalue weighted by molar-refractivity contribution is 0.0936. The van der Waals surface area contributed by atoms with Gasteiger partial charge in [0.2, 0.25) is 5.88 Å². The number of aryl methyl sites for hydroxylation is 1. The molecule has 0 aliphatic carbocycles. The van der Waals surface area contributed by atoms with Crippen LogP contribution in [0.2, 0.25) is 0 Å². The number of hydrogen-bond acceptors (Lipinski definition) is 5. The third kappa shape index (κ3) is 3.18. The van der Waals surface area contributed by atoms with Crippen LogP contribution < -0.4 is 10.1 Å². The Labute approximate surface area is 160 Å². The molecule has 140 valence electrons. The number of rotatable bonds is 4. The molecular weight excluding hydrogens is 361 g/mol. The number of benzene rings is 1. The predicted molar refractivity (Wildman–Crippen MR) is 97.9 cm³/mol. The highest BCUT2D eigenvalue weighted by atomic mass is 19.1. The van der Waals surface area contributed by atoms with Gasteiger partial charge in [0, 0.05) is 29.9 Å². The number of nitrogens with one attached hydrogen (secondary N) is 1. The van der Waals surface area contributed by atoms with E-state index in [-0.39, 0.29) is 23.1 Å². The van der Waals surface area contributed by atoms with Crippen LogP contribution in [0.1, 0.15) is 34.1 Å². The molecule has 1 amide bonds. The second-order valence-corrected chi connectivity index (χ2v) is 6.39. The first kappa shape index (κ1) is 17.7. The maximum absolute atomic E-state index is 13.5. The summed E-state index contributed by atoms with van der Waals surface area (Å²) in [4.78, 5) is 16.6. The van der Waals surface area contributed by atoms with Gasteiger partial charge in [-0.2, -0.15) is 10.4 Å². The highest BCUT2D eigenvalue weighted by Crippen LogP contribution is 2.30. The van der Waals surface area contributed by atoms with E-state index in [0.717, 1.165) is 23.0 Å². The van der Waals surface area contributed by atoms with E-state index in [1.807, 2.05) is 16.8 Å². The normalized spacial score (nSPS) is 15.0. The smallest absolute Gasteiger partial charge is 0.251 e. The molecule has 0 unspecified atom stereocenters. The summed E-state index contributed by atoms with van der Waals surface area (Å²) in [5.41, 5.74) is 2.62. The maximum Gasteiger partial charge on any atom is 0.251 e. The number of carbonyl (C=O) groups excluding carboxylic acids is 1. The molecule has 3 heterocycles. The fraction of sp³-hybridized carbons (Fsp3) is 0.200. The molecule has 1 N–H and O–H groups in total. The van der Waals surface area contributed by atoms with Crippen LogP contribution in [0.15, 0.2) is 42.6 Å². The average molecular weight is 377 g/mol. The van der Waals surface area contributed by atoms with Crippen molar-refractivity contribution in [3.63, 3.8) is 0 Å². The Hall–Kier alpha value is -3.73. The lowest BCUT2D eigenvalue weighted by Gasteiger charge is -2.12. The molecule has 4 rings (SSSR count). The van der Waals surface area contributed by atoms with Crippen molar-refractivity contribution in [2.24, 2.45) is 0 Å². The Kier molecular flexibility index (Phi) is 4.49. The van der Waals surface area contributed by atoms with E-state index >= 15 is 0 Å². The largest absolute Gasteiger partial charge is 0.481 e. The molecular formula is C20H16FN5O2. The Morgan fingerprint density at radius 1 is 1.36 bits per heavy atom. The zero-order chi connectivity index (χ0) is 19.7. The second-order valence-electron chi connectivity index (χ2n) is 6.39. The topological polar surface area (TPSA) is 92.8 Å². The standard InChI is InChI=1S/C20H16FN5O2/c1-28-19-9-12(4-6-23-19)17-10-18-16(5-7-26(18)25-17)24-20(27)13-2-3-15(21)14(8-13)11-22/h2-4,6,8-10,16H,5,7H2,1H3,(H,24,27)/t16-/m0/s1. The number of fused-ring (bicyclic) bond motifs is 1. The van der Waals surface area contributed by atoms with Gasteiger partial charge >= 0.3 is 0 Å². The van der Waals surface area contributed by atoms with E-state index in [0.29, 0.717) is 18.8 Å². The molecule has 0 bridgehead atoms. The summed E-state index contributed by atoms with van der Waals surface area (Å²) in [7, 11) is 1.55. The zero-order valence-corrected chi connectivity index (χ0v) is 15.0. The lowest BCUT2D eigenvalue weighted by Crippen LogP contribution is -2.27. The van der Waals surface area contributed by atoms with E-state index in [4.69, 9.17) is 10.00 Å². The highest BCUT2D eigenvalue weighted by Gasteiger charge is 2.27. The molecule has 1 aliphatic rings. The van der Waals surface area contributed by atoms with Crippen LogP contribution in [0.3, 0.4) is 0 Å². The van der Waals surface area contributed by atoms with Gasteiger partial charge < -0.3 is 10.1 Å². The quantitative estimate of drug-likeness (QED) is 0.755. The number of halogens is 1. The van der Waals surface area contributed by atoms with Crippen molar-refractivity contribution < 1.29 is 13.9 Å². The predicted octanol–water partition coefficient (Wildman–Crippen LogP) is 2.84. The fourth-order valence-corrected chi connectivity index (χ4v) is 3.25. The van der Waals surface area contributed by atoms with E-state index in [1.54, 1.807) is 25.4 Å². The van der Waals surface area contributed by atoms with Gasteiger partial charge in [0.25, 0.3) is 5.91 Å². The van der Waals surface area contributed by atoms with Crippen molar-refractivity contribution in [2.45, 2.75) is 19.0 Å². The number of hydrogen-bond donors (Lipinski definition) is 1. The summed E-state index contributed by atoms with van der Waals surface area (Å²) in [6.07, 6.45) is 2.36. The molecule has 28 heavy (non-hydrogen) atoms. The average Bonchev–Trinajstić information content (AvgIpc) is 3.30. The van der Waals surface area contributed by atoms with Crippen LogP contribution in [0.25, 0.3) is 11.3 Å². The Morgan fingerprint density at radius 3 is 3.00 bits per heavy atom. The van der Waals surface area contributed by atoms with Crippen molar-refractivity contribution in [3.8, 4) is 23.2 Å². The summed E-state index contributed by atoms with van der Waals surface area (Å²) < 4.78 is 20.5. The maximum atomic E-state index is 13.5. The van der Waals surface area contributed by atoms with Crippen LogP contribution >= 0.6 is 0 Å². The summed E-state index contributed by atoms with van der Waals surface area (Å²) >= 11 is 0. The minimum Gasteiger partial charge on any atom is -0.481 e. The third-order valence-corrected chi connectivity index (χ3v) is 4.69. The summed E-state index contributed by atoms with van der Waals surface area (Å²) in [6.45, 7) is 0.676. The van der Waals surface area contributed by atoms with Gasteiger partial charge in [-0.05, 0) is 36.8 Å². The van der Waals surface area contributed by atoms with Crippen LogP contribution in [0, 0.1) is 17.1 Å². The minimum atomic E-state index is -0.643. The Balaban J connectivity index is 1.56. The number of aromatic nitrogens is 3. The highest BCUT2D eigenvalue weighted by molar-refractivity contribution is 5.94. The number of amides is 1. The van der Waals surface area contributed by atoms with E-state index in [2.05, 4.69) is 15.4 Å². The molecule has 0 saturated heterocycles. The lowest BCUT2D eigenvalue weighted by atomic mass is 10.1. The first-order valence-electron chi connectivity index (χ1n) is 8.67. The number of ether oxygens (including phenoxy) is 1. The molecule has 2 aromatic heterocycles. The van der Waals surface area contributed by atoms with Gasteiger partial charge in [-0.25, -0.2) is 9.37 Å². The Morgan fingerprint density at radius 2 is 2.21 bits per heavy atom. The summed E-state index contributed by atoms with van der Waals surface area (Å²) in [5, 5.41) is 16.5. The molecule has 0 spiro atoms. The third-order valence-electron chi connectivity index (χ3n) is 4.69. The summed E-state index contributed by atoms with van der Waals surface area (Å²) in [6, 6.07) is 10.9. The van der Waals surface area contributed by atoms with Gasteiger partial charge in [0.1, 0.15) is 11.9 Å². The van der Waals surface area contributed by atoms with Crippen molar-refractivity contribution in [3.05, 3.63) is 65.2 Å². The monoisotopic (exact) mass is 377 g/mol. The molecule has 0 radical (unpaired) electrons. The van der Waals surface area contributed by atoms with Crippen molar-refractivity contribution in [2.75, 3.05) is 7.11 Å². The second kappa shape index (κ2) is 7.12. The molecule has 0 saturated carbocycles.